The number of nitrogens with one attached hydrogen (secondary N) is 1. The molecule has 2 aromatic rings. The van der Waals surface area contributed by atoms with Crippen molar-refractivity contribution in [2.75, 3.05) is 18.5 Å². The summed E-state index contributed by atoms with van der Waals surface area (Å²) in [5, 5.41) is 2.96. The Labute approximate surface area is 155 Å². The molecule has 0 spiro atoms. The Balaban J connectivity index is 1.78. The van der Waals surface area contributed by atoms with E-state index in [1.807, 2.05) is 25.1 Å². The van der Waals surface area contributed by atoms with Gasteiger partial charge in [0.05, 0.1) is 10.0 Å². The molecule has 1 aromatic heterocycles. The van der Waals surface area contributed by atoms with Gasteiger partial charge in [0.25, 0.3) is 5.91 Å². The first-order valence-corrected chi connectivity index (χ1v) is 8.22. The number of anilines is 1. The smallest absolute Gasteiger partial charge is 0.344 e. The van der Waals surface area contributed by atoms with Crippen LogP contribution < -0.4 is 10.1 Å². The van der Waals surface area contributed by atoms with Gasteiger partial charge in [-0.3, -0.25) is 4.79 Å². The van der Waals surface area contributed by atoms with Gasteiger partial charge in [0.15, 0.2) is 19.0 Å². The number of benzene rings is 1. The summed E-state index contributed by atoms with van der Waals surface area (Å²) < 4.78 is 10.3. The predicted molar refractivity (Wildman–Crippen MR) is 95.2 cm³/mol. The molecular formula is C17H16Cl2N2O4. The van der Waals surface area contributed by atoms with Crippen molar-refractivity contribution >= 4 is 40.9 Å². The molecular weight excluding hydrogens is 367 g/mol. The van der Waals surface area contributed by atoms with Crippen LogP contribution in [-0.4, -0.2) is 30.1 Å². The number of nitrogens with zero attached hydrogens (tertiary/aromatic N) is 1. The van der Waals surface area contributed by atoms with Crippen LogP contribution in [0.4, 0.5) is 5.82 Å². The Morgan fingerprint density at radius 1 is 1.20 bits per heavy atom. The summed E-state index contributed by atoms with van der Waals surface area (Å²) in [5.74, 6) is -0.473. The second kappa shape index (κ2) is 9.25. The van der Waals surface area contributed by atoms with E-state index in [0.29, 0.717) is 10.8 Å². The maximum absolute atomic E-state index is 11.8. The number of aromatic nitrogens is 1. The maximum Gasteiger partial charge on any atom is 0.344 e. The number of aryl methyl sites for hydroxylation is 1. The van der Waals surface area contributed by atoms with E-state index < -0.39 is 18.5 Å². The molecule has 0 saturated heterocycles. The van der Waals surface area contributed by atoms with Gasteiger partial charge in [-0.05, 0) is 24.1 Å². The lowest BCUT2D eigenvalue weighted by Crippen LogP contribution is -2.24. The monoisotopic (exact) mass is 382 g/mol. The van der Waals surface area contributed by atoms with Gasteiger partial charge in [0.1, 0.15) is 5.75 Å². The number of ether oxygens (including phenoxy) is 2. The zero-order valence-corrected chi connectivity index (χ0v) is 14.9. The average Bonchev–Trinajstić information content (AvgIpc) is 2.60. The number of amides is 1. The number of pyridine rings is 1. The fourth-order valence-electron chi connectivity index (χ4n) is 1.94. The second-order valence-corrected chi connectivity index (χ2v) is 5.79. The lowest BCUT2D eigenvalue weighted by molar-refractivity contribution is -0.149. The van der Waals surface area contributed by atoms with E-state index in [-0.39, 0.29) is 17.4 Å². The zero-order valence-electron chi connectivity index (χ0n) is 13.4. The molecule has 0 fully saturated rings. The van der Waals surface area contributed by atoms with Gasteiger partial charge in [0.2, 0.25) is 0 Å². The molecule has 0 bridgehead atoms. The summed E-state index contributed by atoms with van der Waals surface area (Å²) in [6.45, 7) is 1.23. The number of esters is 1. The van der Waals surface area contributed by atoms with Crippen molar-refractivity contribution in [1.82, 2.24) is 4.98 Å². The van der Waals surface area contributed by atoms with Gasteiger partial charge in [-0.2, -0.15) is 0 Å². The SMILES string of the molecule is CCc1ccccc1OCC(=O)OCC(=O)Nc1ncc(Cl)cc1Cl. The lowest BCUT2D eigenvalue weighted by Gasteiger charge is -2.10. The van der Waals surface area contributed by atoms with Gasteiger partial charge in [0, 0.05) is 6.20 Å². The summed E-state index contributed by atoms with van der Waals surface area (Å²) >= 11 is 11.6. The molecule has 2 rings (SSSR count). The summed E-state index contributed by atoms with van der Waals surface area (Å²) in [6, 6.07) is 8.83. The molecule has 25 heavy (non-hydrogen) atoms. The fourth-order valence-corrected chi connectivity index (χ4v) is 2.36. The molecule has 1 amide bonds. The predicted octanol–water partition coefficient (Wildman–Crippen LogP) is 3.51. The Morgan fingerprint density at radius 2 is 1.96 bits per heavy atom. The Kier molecular flexibility index (Phi) is 7.03. The number of halogens is 2. The largest absolute Gasteiger partial charge is 0.482 e. The minimum atomic E-state index is -0.656. The van der Waals surface area contributed by atoms with Crippen molar-refractivity contribution in [1.29, 1.82) is 0 Å². The van der Waals surface area contributed by atoms with Crippen LogP contribution >= 0.6 is 23.2 Å². The highest BCUT2D eigenvalue weighted by Gasteiger charge is 2.12. The third-order valence-corrected chi connectivity index (χ3v) is 3.62. The van der Waals surface area contributed by atoms with Crippen molar-refractivity contribution in [3.63, 3.8) is 0 Å². The third-order valence-electron chi connectivity index (χ3n) is 3.13. The van der Waals surface area contributed by atoms with Crippen LogP contribution in [0.1, 0.15) is 12.5 Å². The summed E-state index contributed by atoms with van der Waals surface area (Å²) in [4.78, 5) is 27.3. The second-order valence-electron chi connectivity index (χ2n) is 4.94. The van der Waals surface area contributed by atoms with Gasteiger partial charge >= 0.3 is 5.97 Å². The molecule has 0 radical (unpaired) electrons. The van der Waals surface area contributed by atoms with Crippen molar-refractivity contribution in [3.05, 3.63) is 52.1 Å². The summed E-state index contributed by atoms with van der Waals surface area (Å²) in [7, 11) is 0. The van der Waals surface area contributed by atoms with Gasteiger partial charge in [-0.25, -0.2) is 9.78 Å². The van der Waals surface area contributed by atoms with E-state index in [9.17, 15) is 9.59 Å². The van der Waals surface area contributed by atoms with E-state index in [1.165, 1.54) is 12.3 Å². The highest BCUT2D eigenvalue weighted by Crippen LogP contribution is 2.22. The molecule has 0 aliphatic rings. The first-order chi connectivity index (χ1) is 12.0. The van der Waals surface area contributed by atoms with Gasteiger partial charge in [-0.15, -0.1) is 0 Å². The molecule has 0 saturated carbocycles. The van der Waals surface area contributed by atoms with Crippen LogP contribution in [0.3, 0.4) is 0 Å². The number of carbonyl (C=O) groups excluding carboxylic acids is 2. The van der Waals surface area contributed by atoms with E-state index in [0.717, 1.165) is 12.0 Å². The highest BCUT2D eigenvalue weighted by molar-refractivity contribution is 6.36. The number of carbonyl (C=O) groups is 2. The summed E-state index contributed by atoms with van der Waals surface area (Å²) in [5.41, 5.74) is 0.983. The topological polar surface area (TPSA) is 77.5 Å². The van der Waals surface area contributed by atoms with E-state index >= 15 is 0 Å². The van der Waals surface area contributed by atoms with Crippen molar-refractivity contribution < 1.29 is 19.1 Å². The van der Waals surface area contributed by atoms with Crippen LogP contribution in [0.25, 0.3) is 0 Å². The molecule has 8 heteroatoms. The maximum atomic E-state index is 11.8. The van der Waals surface area contributed by atoms with Gasteiger partial charge < -0.3 is 14.8 Å². The average molecular weight is 383 g/mol. The quantitative estimate of drug-likeness (QED) is 0.741. The van der Waals surface area contributed by atoms with E-state index in [1.54, 1.807) is 6.07 Å². The Bertz CT molecular complexity index is 768. The first kappa shape index (κ1) is 19.0. The Hall–Kier alpha value is -2.31. The third kappa shape index (κ3) is 5.92. The van der Waals surface area contributed by atoms with Crippen LogP contribution in [-0.2, 0) is 20.7 Å². The minimum Gasteiger partial charge on any atom is -0.482 e. The van der Waals surface area contributed by atoms with E-state index in [4.69, 9.17) is 32.7 Å². The molecule has 1 heterocycles. The fraction of sp³-hybridized carbons (Fsp3) is 0.235. The van der Waals surface area contributed by atoms with Crippen LogP contribution in [0.5, 0.6) is 5.75 Å². The van der Waals surface area contributed by atoms with Crippen molar-refractivity contribution in [2.45, 2.75) is 13.3 Å². The first-order valence-electron chi connectivity index (χ1n) is 7.46. The lowest BCUT2D eigenvalue weighted by atomic mass is 10.1. The molecule has 0 aliphatic heterocycles. The van der Waals surface area contributed by atoms with Crippen LogP contribution in [0.2, 0.25) is 10.0 Å². The van der Waals surface area contributed by atoms with Crippen molar-refractivity contribution in [2.24, 2.45) is 0 Å². The molecule has 0 atom stereocenters. The number of hydrogen-bond donors (Lipinski definition) is 1. The zero-order chi connectivity index (χ0) is 18.2. The number of hydrogen-bond acceptors (Lipinski definition) is 5. The molecule has 132 valence electrons. The molecule has 1 N–H and O–H groups in total. The van der Waals surface area contributed by atoms with Gasteiger partial charge in [-0.1, -0.05) is 48.3 Å². The number of para-hydroxylation sites is 1. The number of rotatable bonds is 7. The van der Waals surface area contributed by atoms with E-state index in [2.05, 4.69) is 10.3 Å². The molecule has 6 nitrogen and oxygen atoms in total. The summed E-state index contributed by atoms with van der Waals surface area (Å²) in [6.07, 6.45) is 2.12. The molecule has 0 aliphatic carbocycles. The molecule has 0 unspecified atom stereocenters. The van der Waals surface area contributed by atoms with Crippen LogP contribution in [0, 0.1) is 0 Å². The minimum absolute atomic E-state index is 0.139. The standard InChI is InChI=1S/C17H16Cl2N2O4/c1-2-11-5-3-4-6-14(11)24-10-16(23)25-9-15(22)21-17-13(19)7-12(18)8-20-17/h3-8H,2,9-10H2,1H3,(H,20,21,22). The van der Waals surface area contributed by atoms with Crippen molar-refractivity contribution in [3.8, 4) is 5.75 Å². The highest BCUT2D eigenvalue weighted by atomic mass is 35.5. The normalized spacial score (nSPS) is 10.2. The Morgan fingerprint density at radius 3 is 2.68 bits per heavy atom. The molecule has 1 aromatic carbocycles. The van der Waals surface area contributed by atoms with Crippen LogP contribution in [0.15, 0.2) is 36.5 Å².